The second-order valence-corrected chi connectivity index (χ2v) is 11.9. The van der Waals surface area contributed by atoms with Crippen LogP contribution in [-0.4, -0.2) is 60.9 Å². The van der Waals surface area contributed by atoms with Gasteiger partial charge >= 0.3 is 0 Å². The maximum atomic E-state index is 13.6. The molecule has 10 heteroatoms. The quantitative estimate of drug-likeness (QED) is 0.373. The summed E-state index contributed by atoms with van der Waals surface area (Å²) in [6.45, 7) is 5.05. The van der Waals surface area contributed by atoms with Crippen molar-refractivity contribution in [3.05, 3.63) is 35.3 Å². The fraction of sp³-hybridized carbons (Fsp3) is 0.583. The Morgan fingerprint density at radius 2 is 1.76 bits per heavy atom. The van der Waals surface area contributed by atoms with Crippen molar-refractivity contribution in [2.24, 2.45) is 17.8 Å². The van der Waals surface area contributed by atoms with Gasteiger partial charge in [-0.05, 0) is 51.7 Å². The molecule has 1 saturated carbocycles. The Hall–Kier alpha value is -2.16. The number of amides is 4. The minimum Gasteiger partial charge on any atom is -0.463 e. The number of likely N-dealkylation sites (tertiary alicyclic amines) is 2. The van der Waals surface area contributed by atoms with Gasteiger partial charge in [0.05, 0.1) is 17.8 Å². The van der Waals surface area contributed by atoms with Crippen molar-refractivity contribution in [3.8, 4) is 0 Å². The summed E-state index contributed by atoms with van der Waals surface area (Å²) in [4.78, 5) is 52.1. The van der Waals surface area contributed by atoms with E-state index in [2.05, 4.69) is 0 Å². The van der Waals surface area contributed by atoms with Crippen molar-refractivity contribution in [3.63, 3.8) is 0 Å². The molecule has 8 nitrogen and oxygen atoms in total. The number of alkyl halides is 2. The highest BCUT2D eigenvalue weighted by Gasteiger charge is 2.76. The second-order valence-electron chi connectivity index (χ2n) is 10.6. The second kappa shape index (κ2) is 7.18. The molecule has 0 radical (unpaired) electrons. The third kappa shape index (κ3) is 2.70. The summed E-state index contributed by atoms with van der Waals surface area (Å²) in [5.74, 6) is -4.10. The van der Waals surface area contributed by atoms with E-state index in [-0.39, 0.29) is 36.4 Å². The lowest BCUT2D eigenvalue weighted by Crippen LogP contribution is -2.60. The fourth-order valence-corrected chi connectivity index (χ4v) is 7.35. The van der Waals surface area contributed by atoms with E-state index in [9.17, 15) is 24.3 Å². The number of hydrogen-bond acceptors (Lipinski definition) is 6. The van der Waals surface area contributed by atoms with Crippen LogP contribution in [0.5, 0.6) is 0 Å². The number of hydrogen-bond donors (Lipinski definition) is 1. The van der Waals surface area contributed by atoms with E-state index in [1.165, 1.54) is 11.9 Å². The van der Waals surface area contributed by atoms with Crippen LogP contribution in [0.15, 0.2) is 28.2 Å². The zero-order valence-corrected chi connectivity index (χ0v) is 20.8. The van der Waals surface area contributed by atoms with Gasteiger partial charge in [-0.25, -0.2) is 0 Å². The molecule has 0 bridgehead atoms. The van der Waals surface area contributed by atoms with E-state index < -0.39 is 50.8 Å². The molecule has 1 aromatic rings. The number of allylic oxidation sites excluding steroid dienone is 2. The van der Waals surface area contributed by atoms with Gasteiger partial charge in [0, 0.05) is 12.6 Å². The molecule has 1 N–H and O–H groups in total. The first-order valence-corrected chi connectivity index (χ1v) is 12.0. The standard InChI is InChI=1S/C24H26Cl2N2O6/c1-22(2,3)28-18(30)13-7-6-12-14(16(13)19(28)31)9-23(25)20(32)27(4)21(33)24(23,26)17(12)15-8-5-11(10-29)34-15/h5-6,8,13-14,16-17,29H,7,9-10H2,1-4H3/t13-,14+,16-,17+,23+,24-/m0/s1. The minimum absolute atomic E-state index is 0.0545. The lowest BCUT2D eigenvalue weighted by atomic mass is 9.57. The Morgan fingerprint density at radius 1 is 1.09 bits per heavy atom. The summed E-state index contributed by atoms with van der Waals surface area (Å²) in [5, 5.41) is 9.53. The van der Waals surface area contributed by atoms with Crippen molar-refractivity contribution in [1.82, 2.24) is 9.80 Å². The van der Waals surface area contributed by atoms with Gasteiger partial charge < -0.3 is 9.52 Å². The number of rotatable bonds is 2. The molecule has 0 spiro atoms. The number of carbonyl (C=O) groups excluding carboxylic acids is 4. The average molecular weight is 509 g/mol. The Balaban J connectivity index is 1.70. The van der Waals surface area contributed by atoms with Gasteiger partial charge in [0.1, 0.15) is 18.1 Å². The van der Waals surface area contributed by atoms with Crippen LogP contribution >= 0.6 is 23.2 Å². The Labute approximate surface area is 206 Å². The van der Waals surface area contributed by atoms with Crippen LogP contribution in [0, 0.1) is 17.8 Å². The molecule has 2 saturated heterocycles. The molecule has 2 aliphatic carbocycles. The molecule has 6 atom stereocenters. The zero-order valence-electron chi connectivity index (χ0n) is 19.3. The molecule has 4 aliphatic rings. The number of aliphatic hydroxyl groups is 1. The number of aliphatic hydroxyl groups excluding tert-OH is 1. The molecule has 5 rings (SSSR count). The van der Waals surface area contributed by atoms with Crippen molar-refractivity contribution in [2.45, 2.75) is 61.4 Å². The van der Waals surface area contributed by atoms with E-state index >= 15 is 0 Å². The predicted octanol–water partition coefficient (Wildman–Crippen LogP) is 2.56. The van der Waals surface area contributed by atoms with E-state index in [1.54, 1.807) is 32.9 Å². The molecule has 2 aliphatic heterocycles. The van der Waals surface area contributed by atoms with E-state index in [1.807, 2.05) is 6.08 Å². The fourth-order valence-electron chi connectivity index (χ4n) is 6.35. The Bertz CT molecular complexity index is 1170. The molecule has 1 aromatic heterocycles. The average Bonchev–Trinajstić information content (AvgIpc) is 3.37. The summed E-state index contributed by atoms with van der Waals surface area (Å²) in [6.07, 6.45) is 2.10. The first-order chi connectivity index (χ1) is 15.8. The number of furan rings is 1. The number of imide groups is 2. The Kier molecular flexibility index (Phi) is 4.98. The smallest absolute Gasteiger partial charge is 0.253 e. The van der Waals surface area contributed by atoms with Gasteiger partial charge in [-0.15, -0.1) is 23.2 Å². The van der Waals surface area contributed by atoms with Crippen molar-refractivity contribution >= 4 is 46.8 Å². The van der Waals surface area contributed by atoms with E-state index in [0.29, 0.717) is 12.0 Å². The van der Waals surface area contributed by atoms with Gasteiger partial charge in [-0.3, -0.25) is 29.0 Å². The third-order valence-corrected chi connectivity index (χ3v) is 9.22. The van der Waals surface area contributed by atoms with Crippen molar-refractivity contribution in [2.75, 3.05) is 7.05 Å². The maximum Gasteiger partial charge on any atom is 0.253 e. The summed E-state index contributed by atoms with van der Waals surface area (Å²) in [5.41, 5.74) is -0.0369. The van der Waals surface area contributed by atoms with Crippen LogP contribution in [0.1, 0.15) is 51.1 Å². The van der Waals surface area contributed by atoms with Crippen LogP contribution in [0.25, 0.3) is 0 Å². The molecule has 182 valence electrons. The molecular formula is C24H26Cl2N2O6. The first kappa shape index (κ1) is 23.6. The van der Waals surface area contributed by atoms with Gasteiger partial charge in [-0.1, -0.05) is 11.6 Å². The predicted molar refractivity (Wildman–Crippen MR) is 122 cm³/mol. The zero-order chi connectivity index (χ0) is 25.0. The normalized spacial score (nSPS) is 37.7. The summed E-state index contributed by atoms with van der Waals surface area (Å²) < 4.78 is 5.81. The third-order valence-electron chi connectivity index (χ3n) is 7.81. The van der Waals surface area contributed by atoms with Gasteiger partial charge in [-0.2, -0.15) is 0 Å². The molecule has 34 heavy (non-hydrogen) atoms. The van der Waals surface area contributed by atoms with Crippen LogP contribution in [0.3, 0.4) is 0 Å². The first-order valence-electron chi connectivity index (χ1n) is 11.3. The van der Waals surface area contributed by atoms with Crippen LogP contribution in [-0.2, 0) is 25.8 Å². The van der Waals surface area contributed by atoms with Gasteiger partial charge in [0.2, 0.25) is 11.8 Å². The van der Waals surface area contributed by atoms with Crippen LogP contribution < -0.4 is 0 Å². The van der Waals surface area contributed by atoms with Gasteiger partial charge in [0.15, 0.2) is 9.75 Å². The molecule has 4 amide bonds. The van der Waals surface area contributed by atoms with Crippen molar-refractivity contribution < 1.29 is 28.7 Å². The largest absolute Gasteiger partial charge is 0.463 e. The highest BCUT2D eigenvalue weighted by molar-refractivity contribution is 6.53. The molecule has 3 heterocycles. The highest BCUT2D eigenvalue weighted by atomic mass is 35.5. The summed E-state index contributed by atoms with van der Waals surface area (Å²) >= 11 is 14.1. The molecular weight excluding hydrogens is 483 g/mol. The van der Waals surface area contributed by atoms with Crippen molar-refractivity contribution in [1.29, 1.82) is 0 Å². The van der Waals surface area contributed by atoms with Gasteiger partial charge in [0.25, 0.3) is 11.8 Å². The van der Waals surface area contributed by atoms with Crippen LogP contribution in [0.2, 0.25) is 0 Å². The highest BCUT2D eigenvalue weighted by Crippen LogP contribution is 2.65. The molecule has 3 fully saturated rings. The number of carbonyl (C=O) groups is 4. The maximum absolute atomic E-state index is 13.6. The number of fused-ring (bicyclic) bond motifs is 4. The number of halogens is 2. The topological polar surface area (TPSA) is 108 Å². The minimum atomic E-state index is -1.88. The summed E-state index contributed by atoms with van der Waals surface area (Å²) in [7, 11) is 1.34. The van der Waals surface area contributed by atoms with E-state index in [0.717, 1.165) is 4.90 Å². The Morgan fingerprint density at radius 3 is 2.35 bits per heavy atom. The molecule has 0 aromatic carbocycles. The lowest BCUT2D eigenvalue weighted by Gasteiger charge is -2.49. The summed E-state index contributed by atoms with van der Waals surface area (Å²) in [6, 6.07) is 3.17. The lowest BCUT2D eigenvalue weighted by molar-refractivity contribution is -0.146. The number of nitrogens with zero attached hydrogens (tertiary/aromatic N) is 2. The monoisotopic (exact) mass is 508 g/mol. The molecule has 0 unspecified atom stereocenters. The van der Waals surface area contributed by atoms with Crippen LogP contribution in [0.4, 0.5) is 0 Å². The SMILES string of the molecule is CN1C(=O)[C@]2(Cl)C[C@@H]3C(=CC[C@@H]4C(=O)N(C(C)(C)C)C(=O)[C@@H]43)[C@H](c3ccc(CO)o3)[C@]2(Cl)C1=O. The van der Waals surface area contributed by atoms with E-state index in [4.69, 9.17) is 27.6 Å².